The van der Waals surface area contributed by atoms with Gasteiger partial charge in [-0.15, -0.1) is 0 Å². The minimum atomic E-state index is 0.173. The molecule has 0 saturated carbocycles. The summed E-state index contributed by atoms with van der Waals surface area (Å²) < 4.78 is 1.75. The zero-order valence-electron chi connectivity index (χ0n) is 12.1. The smallest absolute Gasteiger partial charge is 0.242 e. The first-order chi connectivity index (χ1) is 10.2. The summed E-state index contributed by atoms with van der Waals surface area (Å²) in [5.74, 6) is 0.173. The molecule has 0 aliphatic carbocycles. The highest BCUT2D eigenvalue weighted by molar-refractivity contribution is 5.82. The van der Waals surface area contributed by atoms with Crippen LogP contribution in [0.25, 0.3) is 17.1 Å². The molecule has 1 amide bonds. The molecule has 21 heavy (non-hydrogen) atoms. The third-order valence-electron chi connectivity index (χ3n) is 3.71. The second-order valence-electron chi connectivity index (χ2n) is 5.17. The number of amides is 1. The predicted octanol–water partition coefficient (Wildman–Crippen LogP) is 1.21. The molecule has 2 N–H and O–H groups in total. The Balaban J connectivity index is 1.71. The quantitative estimate of drug-likeness (QED) is 0.861. The summed E-state index contributed by atoms with van der Waals surface area (Å²) in [6.45, 7) is 4.84. The van der Waals surface area contributed by atoms with Crippen LogP contribution in [-0.2, 0) is 4.79 Å². The summed E-state index contributed by atoms with van der Waals surface area (Å²) >= 11 is 0. The Kier molecular flexibility index (Phi) is 3.51. The number of likely N-dealkylation sites (N-methyl/N-ethyl adjacent to an activating group) is 1. The van der Waals surface area contributed by atoms with Gasteiger partial charge in [-0.1, -0.05) is 0 Å². The molecule has 6 nitrogen and oxygen atoms in total. The molecule has 3 rings (SSSR count). The van der Waals surface area contributed by atoms with Gasteiger partial charge in [-0.2, -0.15) is 5.10 Å². The van der Waals surface area contributed by atoms with E-state index in [4.69, 9.17) is 5.73 Å². The summed E-state index contributed by atoms with van der Waals surface area (Å²) in [6, 6.07) is 5.64. The SMILES string of the molecule is CCN1CCN(C=Cn2cc3cc(N)ccc3n2)CC1=O. The molecule has 1 aromatic heterocycles. The van der Waals surface area contributed by atoms with E-state index in [9.17, 15) is 4.79 Å². The Morgan fingerprint density at radius 1 is 1.33 bits per heavy atom. The van der Waals surface area contributed by atoms with E-state index in [1.807, 2.05) is 53.5 Å². The molecule has 0 bridgehead atoms. The van der Waals surface area contributed by atoms with Crippen molar-refractivity contribution in [2.45, 2.75) is 6.92 Å². The first-order valence-corrected chi connectivity index (χ1v) is 7.10. The number of nitrogens with zero attached hydrogens (tertiary/aromatic N) is 4. The average Bonchev–Trinajstić information content (AvgIpc) is 2.87. The van der Waals surface area contributed by atoms with Crippen molar-refractivity contribution < 1.29 is 4.79 Å². The lowest BCUT2D eigenvalue weighted by Gasteiger charge is -2.32. The monoisotopic (exact) mass is 285 g/mol. The predicted molar refractivity (Wildman–Crippen MR) is 83.3 cm³/mol. The first-order valence-electron chi connectivity index (χ1n) is 7.10. The Morgan fingerprint density at radius 3 is 2.95 bits per heavy atom. The largest absolute Gasteiger partial charge is 0.399 e. The van der Waals surface area contributed by atoms with Crippen molar-refractivity contribution in [3.8, 4) is 0 Å². The normalized spacial score (nSPS) is 16.3. The molecule has 0 spiro atoms. The number of carbonyl (C=O) groups excluding carboxylic acids is 1. The summed E-state index contributed by atoms with van der Waals surface area (Å²) in [4.78, 5) is 15.7. The summed E-state index contributed by atoms with van der Waals surface area (Å²) in [6.07, 6.45) is 5.71. The molecule has 2 aromatic rings. The van der Waals surface area contributed by atoms with Crippen molar-refractivity contribution in [2.75, 3.05) is 31.9 Å². The molecule has 0 radical (unpaired) electrons. The maximum Gasteiger partial charge on any atom is 0.242 e. The van der Waals surface area contributed by atoms with Gasteiger partial charge in [0.2, 0.25) is 5.91 Å². The van der Waals surface area contributed by atoms with E-state index in [0.29, 0.717) is 6.54 Å². The second-order valence-corrected chi connectivity index (χ2v) is 5.17. The minimum absolute atomic E-state index is 0.173. The van der Waals surface area contributed by atoms with Gasteiger partial charge < -0.3 is 15.5 Å². The number of aromatic nitrogens is 2. The molecule has 1 saturated heterocycles. The van der Waals surface area contributed by atoms with Crippen LogP contribution in [0.2, 0.25) is 0 Å². The zero-order chi connectivity index (χ0) is 14.8. The Morgan fingerprint density at radius 2 is 2.19 bits per heavy atom. The van der Waals surface area contributed by atoms with Crippen LogP contribution in [0.3, 0.4) is 0 Å². The van der Waals surface area contributed by atoms with E-state index in [1.54, 1.807) is 4.68 Å². The van der Waals surface area contributed by atoms with Gasteiger partial charge in [0.25, 0.3) is 0 Å². The van der Waals surface area contributed by atoms with Crippen molar-refractivity contribution in [3.05, 3.63) is 30.6 Å². The van der Waals surface area contributed by atoms with Crippen molar-refractivity contribution >= 4 is 28.7 Å². The third kappa shape index (κ3) is 2.84. The molecule has 110 valence electrons. The molecule has 0 unspecified atom stereocenters. The van der Waals surface area contributed by atoms with E-state index in [2.05, 4.69) is 5.10 Å². The van der Waals surface area contributed by atoms with Crippen LogP contribution >= 0.6 is 0 Å². The maximum absolute atomic E-state index is 11.8. The van der Waals surface area contributed by atoms with Crippen molar-refractivity contribution in [3.63, 3.8) is 0 Å². The maximum atomic E-state index is 11.8. The number of nitrogen functional groups attached to an aromatic ring is 1. The second kappa shape index (κ2) is 5.47. The van der Waals surface area contributed by atoms with Crippen molar-refractivity contribution in [1.82, 2.24) is 19.6 Å². The fraction of sp³-hybridized carbons (Fsp3) is 0.333. The lowest BCUT2D eigenvalue weighted by Crippen LogP contribution is -2.48. The standard InChI is InChI=1S/C15H19N5O/c1-2-19-7-5-18(11-15(19)21)6-8-20-10-12-9-13(16)3-4-14(12)17-20/h3-4,6,8-10H,2,5,7,11,16H2,1H3. The molecular formula is C15H19N5O. The number of piperazine rings is 1. The fourth-order valence-electron chi connectivity index (χ4n) is 2.49. The van der Waals surface area contributed by atoms with Crippen LogP contribution in [0.1, 0.15) is 6.92 Å². The highest BCUT2D eigenvalue weighted by Crippen LogP contribution is 2.15. The Hall–Kier alpha value is -2.50. The molecule has 1 aliphatic heterocycles. The topological polar surface area (TPSA) is 67.4 Å². The number of hydrogen-bond acceptors (Lipinski definition) is 4. The van der Waals surface area contributed by atoms with E-state index >= 15 is 0 Å². The van der Waals surface area contributed by atoms with Gasteiger partial charge in [-0.05, 0) is 25.1 Å². The van der Waals surface area contributed by atoms with Gasteiger partial charge in [0.1, 0.15) is 0 Å². The minimum Gasteiger partial charge on any atom is -0.399 e. The van der Waals surface area contributed by atoms with Crippen LogP contribution < -0.4 is 5.73 Å². The van der Waals surface area contributed by atoms with Crippen LogP contribution in [0, 0.1) is 0 Å². The molecular weight excluding hydrogens is 266 g/mol. The van der Waals surface area contributed by atoms with Gasteiger partial charge in [-0.25, -0.2) is 4.68 Å². The third-order valence-corrected chi connectivity index (χ3v) is 3.71. The number of benzene rings is 1. The molecule has 6 heteroatoms. The highest BCUT2D eigenvalue weighted by atomic mass is 16.2. The fourth-order valence-corrected chi connectivity index (χ4v) is 2.49. The van der Waals surface area contributed by atoms with E-state index in [-0.39, 0.29) is 5.91 Å². The first kappa shape index (κ1) is 13.5. The van der Waals surface area contributed by atoms with Crippen LogP contribution in [0.15, 0.2) is 30.6 Å². The van der Waals surface area contributed by atoms with Gasteiger partial charge in [0, 0.05) is 49.3 Å². The molecule has 2 heterocycles. The van der Waals surface area contributed by atoms with E-state index in [0.717, 1.165) is 36.2 Å². The number of hydrogen-bond donors (Lipinski definition) is 1. The number of carbonyl (C=O) groups is 1. The van der Waals surface area contributed by atoms with Crippen LogP contribution in [-0.4, -0.2) is 51.7 Å². The molecule has 1 aromatic carbocycles. The molecule has 0 atom stereocenters. The van der Waals surface area contributed by atoms with Gasteiger partial charge in [0.05, 0.1) is 12.1 Å². The number of nitrogens with two attached hydrogens (primary N) is 1. The Labute approximate surface area is 123 Å². The number of rotatable bonds is 3. The zero-order valence-corrected chi connectivity index (χ0v) is 12.1. The van der Waals surface area contributed by atoms with Crippen LogP contribution in [0.5, 0.6) is 0 Å². The van der Waals surface area contributed by atoms with Crippen molar-refractivity contribution in [1.29, 1.82) is 0 Å². The summed E-state index contributed by atoms with van der Waals surface area (Å²) in [5.41, 5.74) is 7.39. The lowest BCUT2D eigenvalue weighted by molar-refractivity contribution is -0.134. The number of anilines is 1. The van der Waals surface area contributed by atoms with Gasteiger partial charge >= 0.3 is 0 Å². The summed E-state index contributed by atoms with van der Waals surface area (Å²) in [5, 5.41) is 5.45. The molecule has 1 aliphatic rings. The summed E-state index contributed by atoms with van der Waals surface area (Å²) in [7, 11) is 0. The van der Waals surface area contributed by atoms with Crippen LogP contribution in [0.4, 0.5) is 5.69 Å². The highest BCUT2D eigenvalue weighted by Gasteiger charge is 2.20. The molecule has 1 fully saturated rings. The van der Waals surface area contributed by atoms with E-state index < -0.39 is 0 Å². The van der Waals surface area contributed by atoms with Gasteiger partial charge in [-0.3, -0.25) is 4.79 Å². The lowest BCUT2D eigenvalue weighted by atomic mass is 10.2. The average molecular weight is 285 g/mol. The Bertz CT molecular complexity index is 690. The van der Waals surface area contributed by atoms with Crippen molar-refractivity contribution in [2.24, 2.45) is 0 Å². The van der Waals surface area contributed by atoms with E-state index in [1.165, 1.54) is 0 Å². The van der Waals surface area contributed by atoms with Gasteiger partial charge in [0.15, 0.2) is 0 Å². The number of fused-ring (bicyclic) bond motifs is 1.